The van der Waals surface area contributed by atoms with Gasteiger partial charge in [0.05, 0.1) is 40.8 Å². The molecule has 6 unspecified atom stereocenters. The van der Waals surface area contributed by atoms with Gasteiger partial charge in [0.15, 0.2) is 0 Å². The van der Waals surface area contributed by atoms with Crippen molar-refractivity contribution in [1.82, 2.24) is 0 Å². The molecule has 46 heavy (non-hydrogen) atoms. The molecule has 0 radical (unpaired) electrons. The Bertz CT molecular complexity index is 1930. The molecule has 9 heteroatoms. The molecule has 1 N–H and O–H groups in total. The number of aromatic hydroxyl groups is 1. The highest BCUT2D eigenvalue weighted by atomic mass is 35.5. The number of carbonyl (C=O) groups excluding carboxylic acids is 4. The zero-order valence-corrected chi connectivity index (χ0v) is 26.0. The predicted octanol–water partition coefficient (Wildman–Crippen LogP) is 6.14. The van der Waals surface area contributed by atoms with Crippen molar-refractivity contribution in [2.75, 3.05) is 9.80 Å². The van der Waals surface area contributed by atoms with Gasteiger partial charge in [0, 0.05) is 22.9 Å². The van der Waals surface area contributed by atoms with Crippen molar-refractivity contribution in [3.05, 3.63) is 106 Å². The van der Waals surface area contributed by atoms with Gasteiger partial charge in [-0.1, -0.05) is 47.5 Å². The van der Waals surface area contributed by atoms with Gasteiger partial charge in [-0.15, -0.1) is 0 Å². The highest BCUT2D eigenvalue weighted by Crippen LogP contribution is 2.63. The van der Waals surface area contributed by atoms with Crippen LogP contribution < -0.4 is 14.5 Å². The van der Waals surface area contributed by atoms with Crippen LogP contribution in [0.5, 0.6) is 11.5 Å². The third-order valence-corrected chi connectivity index (χ3v) is 11.3. The summed E-state index contributed by atoms with van der Waals surface area (Å²) in [6.07, 6.45) is 4.68. The molecule has 3 heterocycles. The van der Waals surface area contributed by atoms with Crippen LogP contribution >= 0.6 is 11.6 Å². The molecular weight excluding hydrogens is 604 g/mol. The van der Waals surface area contributed by atoms with Gasteiger partial charge in [-0.25, -0.2) is 9.80 Å². The summed E-state index contributed by atoms with van der Waals surface area (Å²) in [5.74, 6) is -3.50. The lowest BCUT2D eigenvalue weighted by atomic mass is 9.51. The highest BCUT2D eigenvalue weighted by molar-refractivity contribution is 6.32. The largest absolute Gasteiger partial charge is 0.508 e. The van der Waals surface area contributed by atoms with Crippen molar-refractivity contribution < 1.29 is 29.0 Å². The minimum atomic E-state index is -1.17. The smallest absolute Gasteiger partial charge is 0.241 e. The molecule has 0 bridgehead atoms. The van der Waals surface area contributed by atoms with Crippen LogP contribution in [0.4, 0.5) is 11.4 Å². The molecule has 4 amide bonds. The van der Waals surface area contributed by atoms with E-state index < -0.39 is 35.0 Å². The maximum Gasteiger partial charge on any atom is 0.241 e. The molecule has 2 saturated heterocycles. The Morgan fingerprint density at radius 1 is 0.891 bits per heavy atom. The number of aryl methyl sites for hydroxylation is 1. The standard InChI is InChI=1S/C37H31ClN2O6/c1-19-8-9-23(16-29(19)38)39-33(42)26-12-11-25-27(31(26)35(39)44)17-28-34(43)40(22-6-4-3-5-7-22)36(45)37(28,2)32(25)21-14-20-15-24(41)10-13-30(20)46-18-21/h3-11,13,15-16,18,26-28,31-32,41H,12,14,17H2,1-2H3. The number of ether oxygens (including phenoxy) is 1. The number of hydrogen-bond acceptors (Lipinski definition) is 6. The van der Waals surface area contributed by atoms with Gasteiger partial charge in [-0.3, -0.25) is 19.2 Å². The fourth-order valence-corrected chi connectivity index (χ4v) is 8.82. The average molecular weight is 635 g/mol. The number of allylic oxidation sites excluding steroid dienone is 3. The number of imide groups is 2. The van der Waals surface area contributed by atoms with Crippen molar-refractivity contribution >= 4 is 46.6 Å². The summed E-state index contributed by atoms with van der Waals surface area (Å²) in [6.45, 7) is 3.71. The maximum atomic E-state index is 14.6. The number of hydrogen-bond donors (Lipinski definition) is 1. The van der Waals surface area contributed by atoms with Gasteiger partial charge in [-0.2, -0.15) is 0 Å². The number of anilines is 2. The Morgan fingerprint density at radius 3 is 2.43 bits per heavy atom. The quantitative estimate of drug-likeness (QED) is 0.274. The number of phenolic OH excluding ortho intramolecular Hbond substituents is 1. The predicted molar refractivity (Wildman–Crippen MR) is 171 cm³/mol. The minimum absolute atomic E-state index is 0.0997. The van der Waals surface area contributed by atoms with E-state index in [1.807, 2.05) is 26.0 Å². The van der Waals surface area contributed by atoms with E-state index in [1.54, 1.807) is 66.9 Å². The number of para-hydroxylation sites is 1. The lowest BCUT2D eigenvalue weighted by Gasteiger charge is -2.49. The second-order valence-electron chi connectivity index (χ2n) is 13.2. The average Bonchev–Trinajstić information content (AvgIpc) is 3.41. The second-order valence-corrected chi connectivity index (χ2v) is 13.6. The molecule has 8 rings (SSSR count). The van der Waals surface area contributed by atoms with E-state index in [9.17, 15) is 24.3 Å². The van der Waals surface area contributed by atoms with Crippen LogP contribution in [0.2, 0.25) is 5.02 Å². The summed E-state index contributed by atoms with van der Waals surface area (Å²) in [5, 5.41) is 10.7. The second kappa shape index (κ2) is 10.2. The van der Waals surface area contributed by atoms with E-state index in [2.05, 4.69) is 0 Å². The zero-order valence-electron chi connectivity index (χ0n) is 25.3. The molecular formula is C37H31ClN2O6. The Hall–Kier alpha value is -4.69. The number of halogens is 1. The van der Waals surface area contributed by atoms with E-state index in [-0.39, 0.29) is 35.8 Å². The highest BCUT2D eigenvalue weighted by Gasteiger charge is 2.68. The van der Waals surface area contributed by atoms with Crippen molar-refractivity contribution in [1.29, 1.82) is 0 Å². The lowest BCUT2D eigenvalue weighted by molar-refractivity contribution is -0.132. The molecule has 3 aromatic carbocycles. The van der Waals surface area contributed by atoms with E-state index in [1.165, 1.54) is 9.80 Å². The fraction of sp³-hybridized carbons (Fsp3) is 0.297. The van der Waals surface area contributed by atoms with Crippen molar-refractivity contribution in [2.45, 2.75) is 33.1 Å². The number of rotatable bonds is 3. The number of amides is 4. The Kier molecular flexibility index (Phi) is 6.35. The van der Waals surface area contributed by atoms with Crippen molar-refractivity contribution in [3.8, 4) is 11.5 Å². The minimum Gasteiger partial charge on any atom is -0.508 e. The normalized spacial score (nSPS) is 29.8. The molecule has 0 spiro atoms. The lowest BCUT2D eigenvalue weighted by Crippen LogP contribution is -2.51. The van der Waals surface area contributed by atoms with Gasteiger partial charge in [0.1, 0.15) is 11.5 Å². The Morgan fingerprint density at radius 2 is 1.67 bits per heavy atom. The van der Waals surface area contributed by atoms with Crippen LogP contribution in [0.25, 0.3) is 0 Å². The van der Waals surface area contributed by atoms with Crippen LogP contribution in [-0.2, 0) is 25.6 Å². The number of benzene rings is 3. The summed E-state index contributed by atoms with van der Waals surface area (Å²) in [7, 11) is 0. The molecule has 0 aromatic heterocycles. The first-order valence-corrected chi connectivity index (χ1v) is 15.9. The first-order chi connectivity index (χ1) is 22.1. The van der Waals surface area contributed by atoms with E-state index in [0.717, 1.165) is 22.3 Å². The molecule has 3 fully saturated rings. The van der Waals surface area contributed by atoms with E-state index in [0.29, 0.717) is 35.0 Å². The molecule has 232 valence electrons. The fourth-order valence-electron chi connectivity index (χ4n) is 8.64. The molecule has 3 aromatic rings. The summed E-state index contributed by atoms with van der Waals surface area (Å²) >= 11 is 6.40. The van der Waals surface area contributed by atoms with Crippen LogP contribution in [0, 0.1) is 41.9 Å². The topological polar surface area (TPSA) is 104 Å². The number of fused-ring (bicyclic) bond motifs is 5. The third kappa shape index (κ3) is 3.92. The summed E-state index contributed by atoms with van der Waals surface area (Å²) in [5.41, 5.74) is 3.04. The van der Waals surface area contributed by atoms with Gasteiger partial charge >= 0.3 is 0 Å². The van der Waals surface area contributed by atoms with Gasteiger partial charge in [-0.05, 0) is 86.2 Å². The molecule has 2 aliphatic carbocycles. The molecule has 5 aliphatic rings. The van der Waals surface area contributed by atoms with Crippen LogP contribution in [0.3, 0.4) is 0 Å². The SMILES string of the molecule is Cc1ccc(N2C(=O)C3CC=C4C(CC5C(=O)N(c6ccccc6)C(=O)C5(C)C4C4=COc5ccc(O)cc5C4)C3C2=O)cc1Cl. The van der Waals surface area contributed by atoms with Crippen molar-refractivity contribution in [3.63, 3.8) is 0 Å². The summed E-state index contributed by atoms with van der Waals surface area (Å²) in [6, 6.07) is 19.0. The molecule has 1 saturated carbocycles. The number of carbonyl (C=O) groups is 4. The summed E-state index contributed by atoms with van der Waals surface area (Å²) in [4.78, 5) is 59.6. The molecule has 3 aliphatic heterocycles. The van der Waals surface area contributed by atoms with Crippen LogP contribution in [0.15, 0.2) is 90.2 Å². The van der Waals surface area contributed by atoms with E-state index >= 15 is 0 Å². The zero-order chi connectivity index (χ0) is 32.1. The number of nitrogens with zero attached hydrogens (tertiary/aromatic N) is 2. The van der Waals surface area contributed by atoms with Crippen LogP contribution in [0.1, 0.15) is 30.9 Å². The van der Waals surface area contributed by atoms with Crippen molar-refractivity contribution in [2.24, 2.45) is 35.0 Å². The summed E-state index contributed by atoms with van der Waals surface area (Å²) < 4.78 is 6.06. The first kappa shape index (κ1) is 28.8. The molecule has 8 nitrogen and oxygen atoms in total. The van der Waals surface area contributed by atoms with E-state index in [4.69, 9.17) is 16.3 Å². The number of phenols is 1. The monoisotopic (exact) mass is 634 g/mol. The maximum absolute atomic E-state index is 14.6. The molecule has 6 atom stereocenters. The van der Waals surface area contributed by atoms with Crippen LogP contribution in [-0.4, -0.2) is 28.7 Å². The van der Waals surface area contributed by atoms with Gasteiger partial charge < -0.3 is 9.84 Å². The Labute approximate surface area is 270 Å². The third-order valence-electron chi connectivity index (χ3n) is 10.8. The van der Waals surface area contributed by atoms with Gasteiger partial charge in [0.2, 0.25) is 23.6 Å². The first-order valence-electron chi connectivity index (χ1n) is 15.5. The Balaban J connectivity index is 1.25. The van der Waals surface area contributed by atoms with Gasteiger partial charge in [0.25, 0.3) is 0 Å².